The van der Waals surface area contributed by atoms with Crippen molar-refractivity contribution in [3.8, 4) is 0 Å². The van der Waals surface area contributed by atoms with Gasteiger partial charge in [-0.3, -0.25) is 0 Å². The molecule has 0 aliphatic carbocycles. The quantitative estimate of drug-likeness (QED) is 0.106. The fourth-order valence-corrected chi connectivity index (χ4v) is 5.10. The average Bonchev–Trinajstić information content (AvgIpc) is 2.91. The van der Waals surface area contributed by atoms with E-state index in [0.717, 1.165) is 30.1 Å². The number of hydrogen-bond donors (Lipinski definition) is 2. The van der Waals surface area contributed by atoms with Crippen molar-refractivity contribution in [3.05, 3.63) is 69.8 Å². The van der Waals surface area contributed by atoms with Crippen molar-refractivity contribution in [2.45, 2.75) is 50.6 Å². The van der Waals surface area contributed by atoms with E-state index in [1.54, 1.807) is 0 Å². The van der Waals surface area contributed by atoms with Gasteiger partial charge in [0.05, 0.1) is 22.8 Å². The van der Waals surface area contributed by atoms with Crippen molar-refractivity contribution < 1.29 is 44.3 Å². The molecular weight excluding hydrogens is 595 g/mol. The lowest BCUT2D eigenvalue weighted by Gasteiger charge is -2.35. The molecule has 2 N–H and O–H groups in total. The molecule has 238 valence electrons. The Morgan fingerprint density at radius 2 is 1.49 bits per heavy atom. The molecule has 2 aromatic carbocycles. The second-order valence-electron chi connectivity index (χ2n) is 10.2. The molecule has 0 saturated carbocycles. The molecule has 1 aliphatic rings. The fourth-order valence-electron chi connectivity index (χ4n) is 5.10. The standard InChI is InChI=1S/C27H31F9N6O/c1-38-40-24(39-37)42(14-16-10-20(26(31,32)33)13-21(11-16)27(34,35)36)15-18-12-19(25(28,29)30)4-5-22(18)23(43-3)17-6-8-41(2)9-7-17/h4-5,10-13,17,23,37-38H,6-9,14-15H2,1-3H3/b39-37?,40-24+. The highest BCUT2D eigenvalue weighted by molar-refractivity contribution is 5.79. The molecule has 1 unspecified atom stereocenters. The molecule has 1 aliphatic heterocycles. The minimum absolute atomic E-state index is 0.0268. The zero-order valence-corrected chi connectivity index (χ0v) is 23.5. The highest BCUT2D eigenvalue weighted by atomic mass is 19.4. The summed E-state index contributed by atoms with van der Waals surface area (Å²) in [5.41, 5.74) is 5.69. The van der Waals surface area contributed by atoms with Gasteiger partial charge in [-0.1, -0.05) is 6.07 Å². The number of benzene rings is 2. The van der Waals surface area contributed by atoms with Gasteiger partial charge in [-0.15, -0.1) is 10.2 Å². The lowest BCUT2D eigenvalue weighted by Crippen LogP contribution is -2.34. The maximum Gasteiger partial charge on any atom is 0.416 e. The number of methoxy groups -OCH3 is 1. The second-order valence-corrected chi connectivity index (χ2v) is 10.2. The zero-order valence-electron chi connectivity index (χ0n) is 23.5. The summed E-state index contributed by atoms with van der Waals surface area (Å²) in [6.45, 7) is 0.254. The molecule has 1 fully saturated rings. The van der Waals surface area contributed by atoms with E-state index in [2.05, 4.69) is 20.5 Å². The third-order valence-electron chi connectivity index (χ3n) is 7.20. The smallest absolute Gasteiger partial charge is 0.376 e. The van der Waals surface area contributed by atoms with E-state index < -0.39 is 65.9 Å². The normalized spacial score (nSPS) is 16.7. The van der Waals surface area contributed by atoms with Gasteiger partial charge in [-0.05, 0) is 85.9 Å². The van der Waals surface area contributed by atoms with Crippen LogP contribution in [0.5, 0.6) is 0 Å². The summed E-state index contributed by atoms with van der Waals surface area (Å²) in [5, 5.41) is 7.01. The minimum atomic E-state index is -5.11. The molecule has 43 heavy (non-hydrogen) atoms. The third kappa shape index (κ3) is 8.81. The Morgan fingerprint density at radius 1 is 0.930 bits per heavy atom. The highest BCUT2D eigenvalue weighted by Crippen LogP contribution is 2.39. The number of piperidine rings is 1. The first-order valence-electron chi connectivity index (χ1n) is 13.0. The number of nitrogens with zero attached hydrogens (tertiary/aromatic N) is 4. The van der Waals surface area contributed by atoms with Crippen LogP contribution in [-0.4, -0.2) is 50.1 Å². The molecule has 7 nitrogen and oxygen atoms in total. The van der Waals surface area contributed by atoms with E-state index in [1.165, 1.54) is 20.2 Å². The van der Waals surface area contributed by atoms with Crippen LogP contribution < -0.4 is 5.43 Å². The van der Waals surface area contributed by atoms with Crippen molar-refractivity contribution in [2.75, 3.05) is 34.3 Å². The molecule has 0 radical (unpaired) electrons. The molecule has 0 amide bonds. The molecule has 0 spiro atoms. The van der Waals surface area contributed by atoms with E-state index in [9.17, 15) is 39.5 Å². The van der Waals surface area contributed by atoms with E-state index in [4.69, 9.17) is 10.3 Å². The Hall–Kier alpha value is -3.40. The van der Waals surface area contributed by atoms with Crippen LogP contribution in [0, 0.1) is 11.4 Å². The van der Waals surface area contributed by atoms with Crippen LogP contribution in [-0.2, 0) is 36.4 Å². The van der Waals surface area contributed by atoms with E-state index in [0.29, 0.717) is 30.5 Å². The van der Waals surface area contributed by atoms with E-state index in [-0.39, 0.29) is 17.5 Å². The number of halogens is 9. The molecule has 1 saturated heterocycles. The molecule has 0 aromatic heterocycles. The van der Waals surface area contributed by atoms with Gasteiger partial charge in [-0.25, -0.2) is 5.53 Å². The third-order valence-corrected chi connectivity index (χ3v) is 7.20. The number of hydrogen-bond acceptors (Lipinski definition) is 5. The van der Waals surface area contributed by atoms with Crippen molar-refractivity contribution in [2.24, 2.45) is 16.1 Å². The highest BCUT2D eigenvalue weighted by Gasteiger charge is 2.38. The van der Waals surface area contributed by atoms with Gasteiger partial charge in [0.2, 0.25) is 0 Å². The number of rotatable bonds is 8. The zero-order chi connectivity index (χ0) is 32.2. The van der Waals surface area contributed by atoms with Crippen molar-refractivity contribution in [1.29, 1.82) is 5.53 Å². The van der Waals surface area contributed by atoms with Crippen molar-refractivity contribution >= 4 is 5.96 Å². The van der Waals surface area contributed by atoms with Crippen LogP contribution >= 0.6 is 0 Å². The second kappa shape index (κ2) is 13.5. The molecular formula is C27H31F9N6O. The lowest BCUT2D eigenvalue weighted by molar-refractivity contribution is -0.143. The minimum Gasteiger partial charge on any atom is -0.376 e. The van der Waals surface area contributed by atoms with Gasteiger partial charge in [-0.2, -0.15) is 39.5 Å². The molecule has 1 atom stereocenters. The monoisotopic (exact) mass is 626 g/mol. The van der Waals surface area contributed by atoms with Gasteiger partial charge in [0.25, 0.3) is 5.96 Å². The van der Waals surface area contributed by atoms with Gasteiger partial charge < -0.3 is 20.0 Å². The van der Waals surface area contributed by atoms with Crippen molar-refractivity contribution in [3.63, 3.8) is 0 Å². The summed E-state index contributed by atoms with van der Waals surface area (Å²) in [7, 11) is 4.66. The number of guanidine groups is 1. The first-order chi connectivity index (χ1) is 20.0. The largest absolute Gasteiger partial charge is 0.416 e. The summed E-state index contributed by atoms with van der Waals surface area (Å²) >= 11 is 0. The van der Waals surface area contributed by atoms with Crippen LogP contribution in [0.4, 0.5) is 39.5 Å². The van der Waals surface area contributed by atoms with Crippen LogP contribution in [0.15, 0.2) is 46.6 Å². The van der Waals surface area contributed by atoms with Crippen molar-refractivity contribution in [1.82, 2.24) is 15.2 Å². The Kier molecular flexibility index (Phi) is 10.7. The molecule has 0 bridgehead atoms. The first kappa shape index (κ1) is 34.1. The van der Waals surface area contributed by atoms with Crippen LogP contribution in [0.3, 0.4) is 0 Å². The Morgan fingerprint density at radius 3 is 1.95 bits per heavy atom. The van der Waals surface area contributed by atoms with Gasteiger partial charge in [0.1, 0.15) is 0 Å². The number of hydrazone groups is 1. The van der Waals surface area contributed by atoms with Gasteiger partial charge in [0, 0.05) is 27.2 Å². The van der Waals surface area contributed by atoms with Crippen LogP contribution in [0.2, 0.25) is 0 Å². The number of nitrogens with one attached hydrogen (secondary N) is 2. The van der Waals surface area contributed by atoms with E-state index in [1.807, 2.05) is 7.05 Å². The summed E-state index contributed by atoms with van der Waals surface area (Å²) in [5.74, 6) is -0.556. The van der Waals surface area contributed by atoms with E-state index >= 15 is 0 Å². The fraction of sp³-hybridized carbons (Fsp3) is 0.519. The number of alkyl halides is 9. The number of likely N-dealkylation sites (tertiary alicyclic amines) is 1. The predicted octanol–water partition coefficient (Wildman–Crippen LogP) is 7.30. The molecule has 3 rings (SSSR count). The SMILES string of the molecule is CN/N=C(\N=N)N(Cc1cc(C(F)(F)F)cc(C(F)(F)F)c1)Cc1cc(C(F)(F)F)ccc1C(OC)C1CCN(C)CC1. The molecule has 2 aromatic rings. The van der Waals surface area contributed by atoms with Gasteiger partial charge in [0.15, 0.2) is 0 Å². The Bertz CT molecular complexity index is 1250. The van der Waals surface area contributed by atoms with Crippen LogP contribution in [0.1, 0.15) is 52.3 Å². The summed E-state index contributed by atoms with van der Waals surface area (Å²) in [4.78, 5) is 3.12. The maximum absolute atomic E-state index is 13.8. The summed E-state index contributed by atoms with van der Waals surface area (Å²) in [6, 6.07) is 4.00. The molecule has 16 heteroatoms. The Labute approximate surface area is 242 Å². The topological polar surface area (TPSA) is 76.3 Å². The Balaban J connectivity index is 2.15. The predicted molar refractivity (Wildman–Crippen MR) is 139 cm³/mol. The number of ether oxygens (including phenoxy) is 1. The maximum atomic E-state index is 13.8. The first-order valence-corrected chi connectivity index (χ1v) is 13.0. The van der Waals surface area contributed by atoms with Crippen LogP contribution in [0.25, 0.3) is 0 Å². The lowest BCUT2D eigenvalue weighted by atomic mass is 9.85. The summed E-state index contributed by atoms with van der Waals surface area (Å²) in [6.07, 6.45) is -14.3. The average molecular weight is 627 g/mol. The molecule has 1 heterocycles. The van der Waals surface area contributed by atoms with Gasteiger partial charge >= 0.3 is 18.5 Å². The summed E-state index contributed by atoms with van der Waals surface area (Å²) < 4.78 is 128.